The summed E-state index contributed by atoms with van der Waals surface area (Å²) in [5.41, 5.74) is 0. The van der Waals surface area contributed by atoms with Gasteiger partial charge in [-0.15, -0.1) is 0 Å². The van der Waals surface area contributed by atoms with Crippen LogP contribution in [0, 0.1) is 0 Å². The second-order valence-corrected chi connectivity index (χ2v) is 5.36. The standard InChI is InChI=1S/C13H25NO4/c15-11-3-5-14(6-4-11)8-12(16)9-17-10-13-2-1-7-18-13/h11-13,15-16H,1-10H2. The highest BCUT2D eigenvalue weighted by molar-refractivity contribution is 4.73. The van der Waals surface area contributed by atoms with Crippen LogP contribution in [0.2, 0.25) is 0 Å². The smallest absolute Gasteiger partial charge is 0.0900 e. The summed E-state index contributed by atoms with van der Waals surface area (Å²) in [4.78, 5) is 2.19. The largest absolute Gasteiger partial charge is 0.393 e. The van der Waals surface area contributed by atoms with E-state index >= 15 is 0 Å². The molecule has 18 heavy (non-hydrogen) atoms. The molecule has 2 heterocycles. The Labute approximate surface area is 109 Å². The summed E-state index contributed by atoms with van der Waals surface area (Å²) >= 11 is 0. The second-order valence-electron chi connectivity index (χ2n) is 5.36. The number of aliphatic hydroxyl groups is 2. The number of hydrogen-bond donors (Lipinski definition) is 2. The molecule has 2 rings (SSSR count). The third kappa shape index (κ3) is 4.82. The highest BCUT2D eigenvalue weighted by atomic mass is 16.5. The molecule has 2 N–H and O–H groups in total. The lowest BCUT2D eigenvalue weighted by Gasteiger charge is -2.30. The van der Waals surface area contributed by atoms with Crippen molar-refractivity contribution in [3.05, 3.63) is 0 Å². The Morgan fingerprint density at radius 1 is 1.28 bits per heavy atom. The lowest BCUT2D eigenvalue weighted by atomic mass is 10.1. The van der Waals surface area contributed by atoms with Crippen molar-refractivity contribution in [1.82, 2.24) is 4.90 Å². The minimum Gasteiger partial charge on any atom is -0.393 e. The number of nitrogens with zero attached hydrogens (tertiary/aromatic N) is 1. The van der Waals surface area contributed by atoms with Crippen LogP contribution < -0.4 is 0 Å². The van der Waals surface area contributed by atoms with Gasteiger partial charge in [0.25, 0.3) is 0 Å². The molecule has 0 saturated carbocycles. The molecule has 0 aromatic carbocycles. The molecule has 5 heteroatoms. The van der Waals surface area contributed by atoms with Crippen molar-refractivity contribution < 1.29 is 19.7 Å². The molecule has 2 aliphatic rings. The summed E-state index contributed by atoms with van der Waals surface area (Å²) in [6.45, 7) is 4.17. The Balaban J connectivity index is 1.52. The van der Waals surface area contributed by atoms with Crippen LogP contribution in [0.25, 0.3) is 0 Å². The number of likely N-dealkylation sites (tertiary alicyclic amines) is 1. The predicted molar refractivity (Wildman–Crippen MR) is 67.5 cm³/mol. The van der Waals surface area contributed by atoms with E-state index in [0.717, 1.165) is 45.4 Å². The van der Waals surface area contributed by atoms with E-state index in [1.807, 2.05) is 0 Å². The van der Waals surface area contributed by atoms with E-state index in [4.69, 9.17) is 9.47 Å². The molecule has 2 fully saturated rings. The van der Waals surface area contributed by atoms with Crippen LogP contribution in [0.3, 0.4) is 0 Å². The maximum atomic E-state index is 9.87. The predicted octanol–water partition coefficient (Wildman–Crippen LogP) is -0.000400. The zero-order valence-electron chi connectivity index (χ0n) is 11.0. The van der Waals surface area contributed by atoms with Crippen molar-refractivity contribution in [2.45, 2.75) is 44.0 Å². The molecule has 0 aromatic rings. The minimum absolute atomic E-state index is 0.158. The molecule has 0 spiro atoms. The topological polar surface area (TPSA) is 62.2 Å². The molecule has 5 nitrogen and oxygen atoms in total. The summed E-state index contributed by atoms with van der Waals surface area (Å²) in [6, 6.07) is 0. The third-order valence-corrected chi connectivity index (χ3v) is 3.66. The summed E-state index contributed by atoms with van der Waals surface area (Å²) in [7, 11) is 0. The Bertz CT molecular complexity index is 225. The molecule has 0 aliphatic carbocycles. The Morgan fingerprint density at radius 3 is 2.72 bits per heavy atom. The van der Waals surface area contributed by atoms with Crippen molar-refractivity contribution in [1.29, 1.82) is 0 Å². The van der Waals surface area contributed by atoms with Gasteiger partial charge in [0.2, 0.25) is 0 Å². The van der Waals surface area contributed by atoms with Crippen molar-refractivity contribution in [2.24, 2.45) is 0 Å². The molecule has 2 unspecified atom stereocenters. The minimum atomic E-state index is -0.443. The van der Waals surface area contributed by atoms with Crippen molar-refractivity contribution in [3.63, 3.8) is 0 Å². The fourth-order valence-corrected chi connectivity index (χ4v) is 2.56. The van der Waals surface area contributed by atoms with Crippen LogP contribution in [0.1, 0.15) is 25.7 Å². The third-order valence-electron chi connectivity index (χ3n) is 3.66. The van der Waals surface area contributed by atoms with Gasteiger partial charge in [-0.05, 0) is 25.7 Å². The van der Waals surface area contributed by atoms with Crippen molar-refractivity contribution in [2.75, 3.05) is 39.5 Å². The van der Waals surface area contributed by atoms with E-state index in [1.54, 1.807) is 0 Å². The molecular formula is C13H25NO4. The van der Waals surface area contributed by atoms with Crippen LogP contribution in [-0.4, -0.2) is 72.9 Å². The van der Waals surface area contributed by atoms with Gasteiger partial charge in [-0.3, -0.25) is 0 Å². The van der Waals surface area contributed by atoms with Crippen molar-refractivity contribution in [3.8, 4) is 0 Å². The zero-order valence-corrected chi connectivity index (χ0v) is 11.0. The fraction of sp³-hybridized carbons (Fsp3) is 1.00. The molecule has 2 atom stereocenters. The van der Waals surface area contributed by atoms with Gasteiger partial charge in [0.05, 0.1) is 31.5 Å². The number of ether oxygens (including phenoxy) is 2. The molecule has 0 aromatic heterocycles. The SMILES string of the molecule is OC1CCN(CC(O)COCC2CCCO2)CC1. The van der Waals surface area contributed by atoms with Crippen LogP contribution in [0.5, 0.6) is 0 Å². The van der Waals surface area contributed by atoms with Gasteiger partial charge in [-0.1, -0.05) is 0 Å². The van der Waals surface area contributed by atoms with E-state index in [2.05, 4.69) is 4.90 Å². The van der Waals surface area contributed by atoms with Crippen molar-refractivity contribution >= 4 is 0 Å². The van der Waals surface area contributed by atoms with Crippen LogP contribution in [0.4, 0.5) is 0 Å². The Kier molecular flexibility index (Phi) is 5.85. The summed E-state index contributed by atoms with van der Waals surface area (Å²) in [5.74, 6) is 0. The molecule has 2 aliphatic heterocycles. The fourth-order valence-electron chi connectivity index (χ4n) is 2.56. The van der Waals surface area contributed by atoms with E-state index in [0.29, 0.717) is 19.8 Å². The first-order chi connectivity index (χ1) is 8.74. The van der Waals surface area contributed by atoms with E-state index in [1.165, 1.54) is 0 Å². The highest BCUT2D eigenvalue weighted by Crippen LogP contribution is 2.13. The molecule has 106 valence electrons. The molecule has 2 saturated heterocycles. The number of β-amino-alcohol motifs (C(OH)–C–C–N with tert-alkyl or cyclic N) is 1. The van der Waals surface area contributed by atoms with Gasteiger partial charge in [0, 0.05) is 26.2 Å². The monoisotopic (exact) mass is 259 g/mol. The first-order valence-corrected chi connectivity index (χ1v) is 7.02. The van der Waals surface area contributed by atoms with Crippen LogP contribution in [-0.2, 0) is 9.47 Å². The van der Waals surface area contributed by atoms with E-state index < -0.39 is 6.10 Å². The molecule has 0 bridgehead atoms. The lowest BCUT2D eigenvalue weighted by Crippen LogP contribution is -2.41. The molecular weight excluding hydrogens is 234 g/mol. The van der Waals surface area contributed by atoms with Gasteiger partial charge in [-0.25, -0.2) is 0 Å². The number of rotatable bonds is 6. The maximum Gasteiger partial charge on any atom is 0.0900 e. The van der Waals surface area contributed by atoms with E-state index in [-0.39, 0.29) is 12.2 Å². The first kappa shape index (κ1) is 14.2. The normalized spacial score (nSPS) is 28.7. The van der Waals surface area contributed by atoms with Gasteiger partial charge >= 0.3 is 0 Å². The summed E-state index contributed by atoms with van der Waals surface area (Å²) in [6.07, 6.45) is 3.43. The summed E-state index contributed by atoms with van der Waals surface area (Å²) < 4.78 is 10.9. The Morgan fingerprint density at radius 2 is 2.06 bits per heavy atom. The molecule has 0 amide bonds. The van der Waals surface area contributed by atoms with E-state index in [9.17, 15) is 10.2 Å². The average molecular weight is 259 g/mol. The zero-order chi connectivity index (χ0) is 12.8. The first-order valence-electron chi connectivity index (χ1n) is 7.02. The Hall–Kier alpha value is -0.200. The maximum absolute atomic E-state index is 9.87. The van der Waals surface area contributed by atoms with Crippen LogP contribution in [0.15, 0.2) is 0 Å². The average Bonchev–Trinajstić information content (AvgIpc) is 2.85. The lowest BCUT2D eigenvalue weighted by molar-refractivity contribution is -0.0299. The van der Waals surface area contributed by atoms with Gasteiger partial charge in [-0.2, -0.15) is 0 Å². The number of piperidine rings is 1. The van der Waals surface area contributed by atoms with Gasteiger partial charge in [0.1, 0.15) is 0 Å². The van der Waals surface area contributed by atoms with Gasteiger partial charge in [0.15, 0.2) is 0 Å². The number of hydrogen-bond acceptors (Lipinski definition) is 5. The highest BCUT2D eigenvalue weighted by Gasteiger charge is 2.20. The quantitative estimate of drug-likeness (QED) is 0.703. The number of aliphatic hydroxyl groups excluding tert-OH is 2. The van der Waals surface area contributed by atoms with Crippen LogP contribution >= 0.6 is 0 Å². The van der Waals surface area contributed by atoms with Gasteiger partial charge < -0.3 is 24.6 Å². The second kappa shape index (κ2) is 7.40. The summed E-state index contributed by atoms with van der Waals surface area (Å²) in [5, 5.41) is 19.3. The molecule has 0 radical (unpaired) electrons.